The van der Waals surface area contributed by atoms with E-state index in [-0.39, 0.29) is 0 Å². The summed E-state index contributed by atoms with van der Waals surface area (Å²) in [5.41, 5.74) is 11.1. The number of aromatic nitrogens is 2. The highest BCUT2D eigenvalue weighted by Crippen LogP contribution is 2.23. The maximum atomic E-state index is 6.15. The Labute approximate surface area is 120 Å². The van der Waals surface area contributed by atoms with Crippen molar-refractivity contribution in [3.63, 3.8) is 0 Å². The molecule has 2 N–H and O–H groups in total. The van der Waals surface area contributed by atoms with Crippen molar-refractivity contribution in [1.82, 2.24) is 9.97 Å². The van der Waals surface area contributed by atoms with Crippen LogP contribution in [0.4, 0.5) is 5.82 Å². The molecule has 3 nitrogen and oxygen atoms in total. The number of benzene rings is 1. The van der Waals surface area contributed by atoms with E-state index in [2.05, 4.69) is 36.2 Å². The van der Waals surface area contributed by atoms with Crippen molar-refractivity contribution >= 4 is 5.82 Å². The van der Waals surface area contributed by atoms with Crippen LogP contribution >= 0.6 is 0 Å². The summed E-state index contributed by atoms with van der Waals surface area (Å²) in [5.74, 6) is 1.55. The summed E-state index contributed by atoms with van der Waals surface area (Å²) in [6.45, 7) is 2.13. The summed E-state index contributed by atoms with van der Waals surface area (Å²) >= 11 is 0. The fraction of sp³-hybridized carbons (Fsp3) is 0.412. The molecular formula is C17H21N3. The molecule has 3 heteroatoms. The molecule has 1 heterocycles. The summed E-state index contributed by atoms with van der Waals surface area (Å²) in [5, 5.41) is 0. The molecule has 0 fully saturated rings. The molecule has 0 radical (unpaired) electrons. The van der Waals surface area contributed by atoms with E-state index >= 15 is 0 Å². The Kier molecular flexibility index (Phi) is 3.68. The van der Waals surface area contributed by atoms with Gasteiger partial charge in [-0.1, -0.05) is 30.7 Å². The van der Waals surface area contributed by atoms with Gasteiger partial charge in [0.25, 0.3) is 0 Å². The zero-order valence-electron chi connectivity index (χ0n) is 12.0. The summed E-state index contributed by atoms with van der Waals surface area (Å²) in [4.78, 5) is 9.31. The number of anilines is 1. The first-order valence-corrected chi connectivity index (χ1v) is 7.42. The Balaban J connectivity index is 1.93. The van der Waals surface area contributed by atoms with Gasteiger partial charge in [0.1, 0.15) is 11.6 Å². The minimum absolute atomic E-state index is 0.695. The van der Waals surface area contributed by atoms with Crippen LogP contribution in [0.1, 0.15) is 47.5 Å². The van der Waals surface area contributed by atoms with E-state index in [0.717, 1.165) is 25.1 Å². The molecule has 0 atom stereocenters. The number of fused-ring (bicyclic) bond motifs is 1. The van der Waals surface area contributed by atoms with Crippen LogP contribution in [0.3, 0.4) is 0 Å². The third-order valence-corrected chi connectivity index (χ3v) is 4.12. The second kappa shape index (κ2) is 5.61. The van der Waals surface area contributed by atoms with Crippen molar-refractivity contribution in [2.45, 2.75) is 45.4 Å². The first-order chi connectivity index (χ1) is 9.74. The van der Waals surface area contributed by atoms with Crippen molar-refractivity contribution in [2.75, 3.05) is 5.73 Å². The van der Waals surface area contributed by atoms with Crippen LogP contribution in [0, 0.1) is 6.92 Å². The Morgan fingerprint density at radius 3 is 2.70 bits per heavy atom. The summed E-state index contributed by atoms with van der Waals surface area (Å²) in [6.07, 6.45) is 6.53. The van der Waals surface area contributed by atoms with Gasteiger partial charge in [-0.25, -0.2) is 9.97 Å². The topological polar surface area (TPSA) is 51.8 Å². The Bertz CT molecular complexity index is 620. The van der Waals surface area contributed by atoms with Gasteiger partial charge in [-0.2, -0.15) is 0 Å². The molecule has 0 bridgehead atoms. The molecule has 104 valence electrons. The quantitative estimate of drug-likeness (QED) is 0.850. The number of hydrogen-bond donors (Lipinski definition) is 1. The van der Waals surface area contributed by atoms with Gasteiger partial charge in [-0.15, -0.1) is 0 Å². The normalized spacial score (nSPS) is 14.7. The monoisotopic (exact) mass is 267 g/mol. The van der Waals surface area contributed by atoms with Crippen LogP contribution in [-0.4, -0.2) is 9.97 Å². The van der Waals surface area contributed by atoms with Crippen LogP contribution in [0.15, 0.2) is 24.3 Å². The highest BCUT2D eigenvalue weighted by atomic mass is 15.0. The first-order valence-electron chi connectivity index (χ1n) is 7.42. The predicted octanol–water partition coefficient (Wildman–Crippen LogP) is 3.23. The lowest BCUT2D eigenvalue weighted by Crippen LogP contribution is -2.09. The van der Waals surface area contributed by atoms with Gasteiger partial charge in [0.05, 0.1) is 0 Å². The lowest BCUT2D eigenvalue weighted by molar-refractivity contribution is 0.708. The number of aryl methyl sites for hydroxylation is 2. The van der Waals surface area contributed by atoms with Gasteiger partial charge >= 0.3 is 0 Å². The maximum absolute atomic E-state index is 6.15. The molecule has 0 unspecified atom stereocenters. The largest absolute Gasteiger partial charge is 0.383 e. The molecule has 20 heavy (non-hydrogen) atoms. The molecule has 2 aromatic rings. The molecule has 0 aliphatic heterocycles. The molecule has 0 saturated heterocycles. The lowest BCUT2D eigenvalue weighted by atomic mass is 10.0. The van der Waals surface area contributed by atoms with E-state index < -0.39 is 0 Å². The van der Waals surface area contributed by atoms with E-state index in [9.17, 15) is 0 Å². The van der Waals surface area contributed by atoms with Crippen LogP contribution in [0.2, 0.25) is 0 Å². The second-order valence-electron chi connectivity index (χ2n) is 5.61. The van der Waals surface area contributed by atoms with Crippen LogP contribution in [0.5, 0.6) is 0 Å². The minimum Gasteiger partial charge on any atom is -0.383 e. The fourth-order valence-corrected chi connectivity index (χ4v) is 2.91. The SMILES string of the molecule is Cc1ccccc1Cc1nc(N)c2c(n1)CCCCC2. The predicted molar refractivity (Wildman–Crippen MR) is 81.7 cm³/mol. The third-order valence-electron chi connectivity index (χ3n) is 4.12. The van der Waals surface area contributed by atoms with Crippen LogP contribution < -0.4 is 5.73 Å². The summed E-state index contributed by atoms with van der Waals surface area (Å²) in [6, 6.07) is 8.39. The van der Waals surface area contributed by atoms with E-state index in [0.29, 0.717) is 5.82 Å². The number of hydrogen-bond acceptors (Lipinski definition) is 3. The summed E-state index contributed by atoms with van der Waals surface area (Å²) < 4.78 is 0. The van der Waals surface area contributed by atoms with Gasteiger partial charge in [-0.3, -0.25) is 0 Å². The number of nitrogens with two attached hydrogens (primary N) is 1. The molecule has 1 aromatic carbocycles. The zero-order chi connectivity index (χ0) is 13.9. The maximum Gasteiger partial charge on any atom is 0.135 e. The van der Waals surface area contributed by atoms with Gasteiger partial charge in [-0.05, 0) is 43.7 Å². The van der Waals surface area contributed by atoms with Crippen molar-refractivity contribution in [2.24, 2.45) is 0 Å². The first kappa shape index (κ1) is 13.1. The van der Waals surface area contributed by atoms with Crippen molar-refractivity contribution in [3.05, 3.63) is 52.5 Å². The van der Waals surface area contributed by atoms with Crippen LogP contribution in [0.25, 0.3) is 0 Å². The Hall–Kier alpha value is -1.90. The summed E-state index contributed by atoms with van der Waals surface area (Å²) in [7, 11) is 0. The van der Waals surface area contributed by atoms with Gasteiger partial charge in [0.2, 0.25) is 0 Å². The van der Waals surface area contributed by atoms with Gasteiger partial charge in [0.15, 0.2) is 0 Å². The van der Waals surface area contributed by atoms with Crippen LogP contribution in [-0.2, 0) is 19.3 Å². The van der Waals surface area contributed by atoms with E-state index in [4.69, 9.17) is 10.7 Å². The van der Waals surface area contributed by atoms with Gasteiger partial charge in [0, 0.05) is 17.7 Å². The standard InChI is InChI=1S/C17H21N3/c1-12-7-5-6-8-13(12)11-16-19-15-10-4-2-3-9-14(15)17(18)20-16/h5-8H,2-4,9-11H2,1H3,(H2,18,19,20). The number of nitrogens with zero attached hydrogens (tertiary/aromatic N) is 2. The molecule has 1 aliphatic carbocycles. The third kappa shape index (κ3) is 2.67. The lowest BCUT2D eigenvalue weighted by Gasteiger charge is -2.11. The Morgan fingerprint density at radius 1 is 1.05 bits per heavy atom. The van der Waals surface area contributed by atoms with Crippen molar-refractivity contribution in [3.8, 4) is 0 Å². The average Bonchev–Trinajstić information content (AvgIpc) is 2.67. The molecule has 1 aromatic heterocycles. The molecule has 1 aliphatic rings. The highest BCUT2D eigenvalue weighted by Gasteiger charge is 2.15. The fourth-order valence-electron chi connectivity index (χ4n) is 2.91. The number of rotatable bonds is 2. The molecule has 0 spiro atoms. The molecular weight excluding hydrogens is 246 g/mol. The van der Waals surface area contributed by atoms with E-state index in [1.165, 1.54) is 41.6 Å². The molecule has 3 rings (SSSR count). The highest BCUT2D eigenvalue weighted by molar-refractivity contribution is 5.43. The average molecular weight is 267 g/mol. The van der Waals surface area contributed by atoms with E-state index in [1.54, 1.807) is 0 Å². The van der Waals surface area contributed by atoms with E-state index in [1.807, 2.05) is 0 Å². The smallest absolute Gasteiger partial charge is 0.135 e. The van der Waals surface area contributed by atoms with Crippen molar-refractivity contribution in [1.29, 1.82) is 0 Å². The molecule has 0 amide bonds. The minimum atomic E-state index is 0.695. The molecule has 0 saturated carbocycles. The number of nitrogen functional groups attached to an aromatic ring is 1. The Morgan fingerprint density at radius 2 is 1.85 bits per heavy atom. The van der Waals surface area contributed by atoms with Gasteiger partial charge < -0.3 is 5.73 Å². The second-order valence-corrected chi connectivity index (χ2v) is 5.61. The zero-order valence-corrected chi connectivity index (χ0v) is 12.0. The van der Waals surface area contributed by atoms with Crippen molar-refractivity contribution < 1.29 is 0 Å².